The Hall–Kier alpha value is -7.26. The van der Waals surface area contributed by atoms with Gasteiger partial charge in [0.25, 0.3) is 0 Å². The van der Waals surface area contributed by atoms with E-state index in [9.17, 15) is 0 Å². The summed E-state index contributed by atoms with van der Waals surface area (Å²) in [6.45, 7) is 0.625. The molecule has 0 amide bonds. The number of allylic oxidation sites excluding steroid dienone is 1. The van der Waals surface area contributed by atoms with Crippen molar-refractivity contribution >= 4 is 60.1 Å². The fourth-order valence-corrected chi connectivity index (χ4v) is 9.19. The van der Waals surface area contributed by atoms with E-state index in [1.165, 1.54) is 66.8 Å². The molecule has 1 heterocycles. The quantitative estimate of drug-likeness (QED) is 0.0858. The van der Waals surface area contributed by atoms with Crippen LogP contribution in [0.4, 0.5) is 0 Å². The minimum atomic E-state index is -0.921. The van der Waals surface area contributed by atoms with Crippen molar-refractivity contribution in [2.45, 2.75) is 18.6 Å². The molecule has 1 atom stereocenters. The van der Waals surface area contributed by atoms with E-state index in [4.69, 9.17) is 5.73 Å². The van der Waals surface area contributed by atoms with E-state index in [-0.39, 0.29) is 0 Å². The van der Waals surface area contributed by atoms with Gasteiger partial charge in [-0.2, -0.15) is 0 Å². The Labute approximate surface area is 350 Å². The van der Waals surface area contributed by atoms with Gasteiger partial charge >= 0.3 is 0 Å². The van der Waals surface area contributed by atoms with Gasteiger partial charge < -0.3 is 16.0 Å². The summed E-state index contributed by atoms with van der Waals surface area (Å²) in [5.41, 5.74) is 20.9. The molecule has 0 bridgehead atoms. The number of nitrogens with two attached hydrogens (primary N) is 2. The molecule has 5 N–H and O–H groups in total. The summed E-state index contributed by atoms with van der Waals surface area (Å²) >= 11 is 0. The van der Waals surface area contributed by atoms with Gasteiger partial charge in [0.2, 0.25) is 0 Å². The summed E-state index contributed by atoms with van der Waals surface area (Å²) in [4.78, 5) is 0. The molecular formula is C56H44N4. The van der Waals surface area contributed by atoms with E-state index in [0.717, 1.165) is 39.0 Å². The first-order chi connectivity index (χ1) is 29.7. The maximum atomic E-state index is 7.41. The first-order valence-electron chi connectivity index (χ1n) is 20.6. The van der Waals surface area contributed by atoms with Crippen molar-refractivity contribution in [3.8, 4) is 28.7 Å². The number of fused-ring (bicyclic) bond motifs is 10. The number of rotatable bonds is 7. The van der Waals surface area contributed by atoms with Gasteiger partial charge in [0, 0.05) is 29.6 Å². The summed E-state index contributed by atoms with van der Waals surface area (Å²) in [6, 6.07) is 65.3. The van der Waals surface area contributed by atoms with Crippen LogP contribution in [-0.2, 0) is 12.2 Å². The van der Waals surface area contributed by atoms with Gasteiger partial charge in [-0.05, 0) is 103 Å². The zero-order valence-corrected chi connectivity index (χ0v) is 33.5. The van der Waals surface area contributed by atoms with Gasteiger partial charge in [-0.1, -0.05) is 176 Å². The molecule has 0 fully saturated rings. The number of aromatic nitrogens is 1. The third kappa shape index (κ3) is 6.16. The molecule has 0 radical (unpaired) electrons. The lowest BCUT2D eigenvalue weighted by atomic mass is 9.89. The van der Waals surface area contributed by atoms with Crippen LogP contribution in [0, 0.1) is 11.8 Å². The van der Waals surface area contributed by atoms with E-state index in [1.54, 1.807) is 0 Å². The molecule has 1 aliphatic rings. The molecule has 10 aromatic rings. The van der Waals surface area contributed by atoms with Crippen LogP contribution in [0.3, 0.4) is 0 Å². The molecule has 1 unspecified atom stereocenters. The minimum absolute atomic E-state index is 0.625. The molecule has 0 saturated carbocycles. The summed E-state index contributed by atoms with van der Waals surface area (Å²) < 4.78 is 2.42. The summed E-state index contributed by atoms with van der Waals surface area (Å²) in [7, 11) is 1.50. The highest BCUT2D eigenvalue weighted by Gasteiger charge is 2.30. The van der Waals surface area contributed by atoms with Crippen LogP contribution in [-0.4, -0.2) is 11.6 Å². The fraction of sp³-hybridized carbons (Fsp3) is 0.0714. The molecule has 60 heavy (non-hydrogen) atoms. The van der Waals surface area contributed by atoms with Crippen molar-refractivity contribution in [3.63, 3.8) is 0 Å². The van der Waals surface area contributed by atoms with Crippen molar-refractivity contribution in [2.24, 2.45) is 11.5 Å². The number of hydrogen-bond donors (Lipinski definition) is 3. The van der Waals surface area contributed by atoms with Crippen LogP contribution in [0.5, 0.6) is 0 Å². The fourth-order valence-electron chi connectivity index (χ4n) is 9.19. The maximum absolute atomic E-state index is 7.41. The maximum Gasteiger partial charge on any atom is 0.119 e. The largest absolute Gasteiger partial charge is 0.333 e. The molecule has 1 aliphatic carbocycles. The van der Waals surface area contributed by atoms with Gasteiger partial charge in [0.05, 0.1) is 16.8 Å². The van der Waals surface area contributed by atoms with Crippen molar-refractivity contribution in [3.05, 3.63) is 216 Å². The van der Waals surface area contributed by atoms with E-state index in [2.05, 4.69) is 197 Å². The zero-order valence-electron chi connectivity index (χ0n) is 33.5. The Morgan fingerprint density at radius 3 is 1.82 bits per heavy atom. The number of benzene rings is 9. The van der Waals surface area contributed by atoms with E-state index in [0.29, 0.717) is 13.0 Å². The van der Waals surface area contributed by atoms with E-state index < -0.39 is 5.66 Å². The van der Waals surface area contributed by atoms with Crippen LogP contribution in [0.1, 0.15) is 34.4 Å². The van der Waals surface area contributed by atoms with Gasteiger partial charge in [-0.3, -0.25) is 5.32 Å². The lowest BCUT2D eigenvalue weighted by Gasteiger charge is -2.32. The molecule has 4 heteroatoms. The smallest absolute Gasteiger partial charge is 0.119 e. The Balaban J connectivity index is 0.00000213. The summed E-state index contributed by atoms with van der Waals surface area (Å²) in [6.07, 6.45) is 5.13. The Bertz CT molecular complexity index is 3280. The average Bonchev–Trinajstić information content (AvgIpc) is 3.43. The first kappa shape index (κ1) is 37.0. The predicted molar refractivity (Wildman–Crippen MR) is 254 cm³/mol. The van der Waals surface area contributed by atoms with Crippen molar-refractivity contribution in [1.82, 2.24) is 9.88 Å². The predicted octanol–water partition coefficient (Wildman–Crippen LogP) is 12.2. The van der Waals surface area contributed by atoms with Crippen LogP contribution in [0.2, 0.25) is 0 Å². The third-order valence-electron chi connectivity index (χ3n) is 12.0. The third-order valence-corrected chi connectivity index (χ3v) is 12.0. The topological polar surface area (TPSA) is 69.0 Å². The second kappa shape index (κ2) is 15.5. The minimum Gasteiger partial charge on any atom is -0.333 e. The van der Waals surface area contributed by atoms with Crippen molar-refractivity contribution < 1.29 is 0 Å². The standard InChI is InChI=1S/C55H39N3.CH5N/c56-55(40-19-6-2-7-20-40,57-36-37-16-4-1-5-17-37)41-29-31-42(32-30-41)58-52-27-9-3-8-26-49(52)51-34-38-18-10-11-21-43(38)53(54(51)58)39-28-33-48-46-24-13-12-22-44(46)45-23-14-15-25-47(45)50(48)35-39;1-2/h1-2,4-7,9-25,27-35,57H,3,36,56H2;2H2,1H3. The highest BCUT2D eigenvalue weighted by Crippen LogP contribution is 2.44. The van der Waals surface area contributed by atoms with E-state index in [1.807, 2.05) is 24.3 Å². The lowest BCUT2D eigenvalue weighted by Crippen LogP contribution is -2.51. The van der Waals surface area contributed by atoms with Gasteiger partial charge in [-0.15, -0.1) is 0 Å². The normalized spacial score (nSPS) is 13.1. The Kier molecular flexibility index (Phi) is 9.56. The Morgan fingerprint density at radius 1 is 0.567 bits per heavy atom. The molecular weight excluding hydrogens is 729 g/mol. The molecule has 11 rings (SSSR count). The Morgan fingerprint density at radius 2 is 1.13 bits per heavy atom. The number of hydrogen-bond acceptors (Lipinski definition) is 3. The molecule has 288 valence electrons. The highest BCUT2D eigenvalue weighted by atomic mass is 15.1. The molecule has 9 aromatic carbocycles. The van der Waals surface area contributed by atoms with Gasteiger partial charge in [0.1, 0.15) is 5.66 Å². The molecule has 4 nitrogen and oxygen atoms in total. The van der Waals surface area contributed by atoms with Crippen LogP contribution in [0.15, 0.2) is 188 Å². The highest BCUT2D eigenvalue weighted by molar-refractivity contribution is 6.26. The van der Waals surface area contributed by atoms with Crippen molar-refractivity contribution in [2.75, 3.05) is 7.05 Å². The van der Waals surface area contributed by atoms with Gasteiger partial charge in [-0.25, -0.2) is 0 Å². The molecule has 0 saturated heterocycles. The summed E-state index contributed by atoms with van der Waals surface area (Å²) in [5, 5.41) is 14.9. The second-order valence-corrected chi connectivity index (χ2v) is 15.3. The number of nitrogens with one attached hydrogen (secondary N) is 1. The first-order valence-corrected chi connectivity index (χ1v) is 20.6. The summed E-state index contributed by atoms with van der Waals surface area (Å²) in [5.74, 6) is 7.03. The molecule has 1 aromatic heterocycles. The molecule has 0 spiro atoms. The van der Waals surface area contributed by atoms with Crippen LogP contribution >= 0.6 is 0 Å². The monoisotopic (exact) mass is 772 g/mol. The van der Waals surface area contributed by atoms with Gasteiger partial charge in [0.15, 0.2) is 0 Å². The van der Waals surface area contributed by atoms with Crippen LogP contribution in [0.25, 0.3) is 76.9 Å². The average molecular weight is 773 g/mol. The van der Waals surface area contributed by atoms with Crippen LogP contribution < -0.4 is 16.8 Å². The lowest BCUT2D eigenvalue weighted by molar-refractivity contribution is 0.413. The van der Waals surface area contributed by atoms with E-state index >= 15 is 0 Å². The molecule has 0 aliphatic heterocycles. The second-order valence-electron chi connectivity index (χ2n) is 15.3. The SMILES string of the molecule is CN.NC(NCc1ccccc1)(c1ccccc1)c1ccc(-n2c3c(c4cc5ccccc5c(-c5ccc6c7ccccc7c7ccccc7c6c5)c42)C#CCC=C3)cc1. The van der Waals surface area contributed by atoms with Crippen molar-refractivity contribution in [1.29, 1.82) is 0 Å². The zero-order chi connectivity index (χ0) is 40.6. The number of nitrogens with zero attached hydrogens (tertiary/aromatic N) is 1.